The lowest BCUT2D eigenvalue weighted by atomic mass is 9.86. The van der Waals surface area contributed by atoms with Gasteiger partial charge in [-0.05, 0) is 32.2 Å². The van der Waals surface area contributed by atoms with Gasteiger partial charge in [0.2, 0.25) is 5.91 Å². The van der Waals surface area contributed by atoms with E-state index in [1.54, 1.807) is 0 Å². The van der Waals surface area contributed by atoms with Crippen LogP contribution in [-0.2, 0) is 4.79 Å². The maximum Gasteiger partial charge on any atom is 0.243 e. The minimum atomic E-state index is -0.684. The van der Waals surface area contributed by atoms with Crippen LogP contribution in [0.2, 0.25) is 0 Å². The van der Waals surface area contributed by atoms with E-state index >= 15 is 0 Å². The third-order valence-corrected chi connectivity index (χ3v) is 5.07. The van der Waals surface area contributed by atoms with Crippen LogP contribution in [0.3, 0.4) is 0 Å². The third-order valence-electron chi connectivity index (χ3n) is 5.07. The quantitative estimate of drug-likeness (QED) is 0.700. The van der Waals surface area contributed by atoms with Crippen molar-refractivity contribution in [3.8, 4) is 6.07 Å². The molecule has 3 aliphatic rings. The van der Waals surface area contributed by atoms with E-state index in [9.17, 15) is 10.1 Å². The highest BCUT2D eigenvalue weighted by atomic mass is 16.2. The molecule has 0 radical (unpaired) electrons. The van der Waals surface area contributed by atoms with Gasteiger partial charge in [0.25, 0.3) is 0 Å². The summed E-state index contributed by atoms with van der Waals surface area (Å²) in [5, 5.41) is 9.43. The molecule has 1 aliphatic carbocycles. The zero-order valence-electron chi connectivity index (χ0n) is 11.1. The van der Waals surface area contributed by atoms with Crippen molar-refractivity contribution in [2.75, 3.05) is 26.7 Å². The molecule has 4 heteroatoms. The van der Waals surface area contributed by atoms with Crippen molar-refractivity contribution in [1.82, 2.24) is 9.80 Å². The summed E-state index contributed by atoms with van der Waals surface area (Å²) in [4.78, 5) is 17.1. The minimum Gasteiger partial charge on any atom is -0.337 e. The lowest BCUT2D eigenvalue weighted by molar-refractivity contribution is -0.139. The second kappa shape index (κ2) is 4.24. The molecule has 2 aliphatic heterocycles. The summed E-state index contributed by atoms with van der Waals surface area (Å²) < 4.78 is 0. The molecular formula is C14H21N3O. The first-order valence-corrected chi connectivity index (χ1v) is 7.07. The van der Waals surface area contributed by atoms with Crippen LogP contribution in [0, 0.1) is 22.7 Å². The Kier molecular flexibility index (Phi) is 2.82. The van der Waals surface area contributed by atoms with Crippen LogP contribution in [0.1, 0.15) is 32.1 Å². The molecular weight excluding hydrogens is 226 g/mol. The van der Waals surface area contributed by atoms with E-state index in [0.29, 0.717) is 12.0 Å². The number of likely N-dealkylation sites (tertiary alicyclic amines) is 2. The molecule has 0 aromatic heterocycles. The van der Waals surface area contributed by atoms with Gasteiger partial charge in [-0.1, -0.05) is 12.8 Å². The number of nitriles is 1. The number of nitrogens with zero attached hydrogens (tertiary/aromatic N) is 3. The number of carbonyl (C=O) groups is 1. The molecule has 98 valence electrons. The van der Waals surface area contributed by atoms with Crippen LogP contribution in [0.5, 0.6) is 0 Å². The summed E-state index contributed by atoms with van der Waals surface area (Å²) in [6, 6.07) is 2.71. The van der Waals surface area contributed by atoms with Gasteiger partial charge in [-0.25, -0.2) is 0 Å². The number of likely N-dealkylation sites (N-methyl/N-ethyl adjacent to an activating group) is 1. The fourth-order valence-corrected chi connectivity index (χ4v) is 4.05. The van der Waals surface area contributed by atoms with Gasteiger partial charge in [0.15, 0.2) is 0 Å². The minimum absolute atomic E-state index is 0.130. The van der Waals surface area contributed by atoms with E-state index in [4.69, 9.17) is 0 Å². The van der Waals surface area contributed by atoms with Crippen molar-refractivity contribution < 1.29 is 4.79 Å². The highest BCUT2D eigenvalue weighted by Gasteiger charge is 2.50. The van der Waals surface area contributed by atoms with Gasteiger partial charge in [-0.3, -0.25) is 4.79 Å². The SMILES string of the molecule is CN1C[C@@H]2CCN(C(=O)C3(C#N)CCCC3)[C@@H]2C1. The van der Waals surface area contributed by atoms with Crippen LogP contribution in [0.15, 0.2) is 0 Å². The van der Waals surface area contributed by atoms with Crippen LogP contribution < -0.4 is 0 Å². The number of hydrogen-bond donors (Lipinski definition) is 0. The highest BCUT2D eigenvalue weighted by Crippen LogP contribution is 2.42. The summed E-state index contributed by atoms with van der Waals surface area (Å²) in [6.07, 6.45) is 4.71. The third kappa shape index (κ3) is 1.65. The van der Waals surface area contributed by atoms with Crippen molar-refractivity contribution in [2.24, 2.45) is 11.3 Å². The second-order valence-corrected chi connectivity index (χ2v) is 6.24. The Morgan fingerprint density at radius 1 is 1.33 bits per heavy atom. The van der Waals surface area contributed by atoms with E-state index in [1.165, 1.54) is 0 Å². The molecule has 2 atom stereocenters. The Hall–Kier alpha value is -1.08. The first-order valence-electron chi connectivity index (χ1n) is 7.07. The molecule has 3 rings (SSSR count). The van der Waals surface area contributed by atoms with Gasteiger partial charge in [-0.15, -0.1) is 0 Å². The van der Waals surface area contributed by atoms with Crippen molar-refractivity contribution in [2.45, 2.75) is 38.1 Å². The van der Waals surface area contributed by atoms with E-state index in [-0.39, 0.29) is 5.91 Å². The Bertz CT molecular complexity index is 394. The van der Waals surface area contributed by atoms with E-state index in [1.807, 2.05) is 4.90 Å². The lowest BCUT2D eigenvalue weighted by Crippen LogP contribution is -2.46. The number of rotatable bonds is 1. The Morgan fingerprint density at radius 2 is 2.06 bits per heavy atom. The van der Waals surface area contributed by atoms with E-state index < -0.39 is 5.41 Å². The van der Waals surface area contributed by atoms with Crippen LogP contribution >= 0.6 is 0 Å². The van der Waals surface area contributed by atoms with Crippen LogP contribution in [-0.4, -0.2) is 48.4 Å². The molecule has 0 aromatic rings. The van der Waals surface area contributed by atoms with Gasteiger partial charge in [-0.2, -0.15) is 5.26 Å². The molecule has 0 aromatic carbocycles. The molecule has 18 heavy (non-hydrogen) atoms. The lowest BCUT2D eigenvalue weighted by Gasteiger charge is -2.31. The second-order valence-electron chi connectivity index (χ2n) is 6.24. The van der Waals surface area contributed by atoms with Gasteiger partial charge < -0.3 is 9.80 Å². The van der Waals surface area contributed by atoms with Crippen molar-refractivity contribution in [3.05, 3.63) is 0 Å². The molecule has 4 nitrogen and oxygen atoms in total. The van der Waals surface area contributed by atoms with Gasteiger partial charge >= 0.3 is 0 Å². The van der Waals surface area contributed by atoms with Crippen LogP contribution in [0.25, 0.3) is 0 Å². The standard InChI is InChI=1S/C14H21N3O/c1-16-8-11-4-7-17(12(11)9-16)13(18)14(10-15)5-2-3-6-14/h11-12H,2-9H2,1H3/t11-,12+/m0/s1. The predicted molar refractivity (Wildman–Crippen MR) is 67.6 cm³/mol. The molecule has 3 fully saturated rings. The predicted octanol–water partition coefficient (Wildman–Crippen LogP) is 1.23. The monoisotopic (exact) mass is 247 g/mol. The normalized spacial score (nSPS) is 34.6. The molecule has 1 saturated carbocycles. The number of carbonyl (C=O) groups excluding carboxylic acids is 1. The molecule has 2 heterocycles. The Labute approximate surface area is 109 Å². The first-order chi connectivity index (χ1) is 8.66. The number of amides is 1. The van der Waals surface area contributed by atoms with Gasteiger partial charge in [0, 0.05) is 25.7 Å². The summed E-state index contributed by atoms with van der Waals surface area (Å²) in [5.41, 5.74) is -0.684. The molecule has 0 bridgehead atoms. The average molecular weight is 247 g/mol. The first kappa shape index (κ1) is 12.0. The van der Waals surface area contributed by atoms with Crippen molar-refractivity contribution >= 4 is 5.91 Å². The summed E-state index contributed by atoms with van der Waals surface area (Å²) in [5.74, 6) is 0.765. The molecule has 0 N–H and O–H groups in total. The number of fused-ring (bicyclic) bond motifs is 1. The van der Waals surface area contributed by atoms with Gasteiger partial charge in [0.05, 0.1) is 6.07 Å². The van der Waals surface area contributed by atoms with Crippen LogP contribution in [0.4, 0.5) is 0 Å². The molecule has 2 saturated heterocycles. The number of hydrogen-bond acceptors (Lipinski definition) is 3. The summed E-state index contributed by atoms with van der Waals surface area (Å²) in [7, 11) is 2.12. The van der Waals surface area contributed by atoms with Crippen molar-refractivity contribution in [1.29, 1.82) is 5.26 Å². The van der Waals surface area contributed by atoms with Gasteiger partial charge in [0.1, 0.15) is 5.41 Å². The fraction of sp³-hybridized carbons (Fsp3) is 0.857. The molecule has 0 unspecified atom stereocenters. The zero-order valence-corrected chi connectivity index (χ0v) is 11.1. The fourth-order valence-electron chi connectivity index (χ4n) is 4.05. The van der Waals surface area contributed by atoms with E-state index in [0.717, 1.165) is 51.7 Å². The average Bonchev–Trinajstić information content (AvgIpc) is 3.02. The van der Waals surface area contributed by atoms with E-state index in [2.05, 4.69) is 18.0 Å². The summed E-state index contributed by atoms with van der Waals surface area (Å²) in [6.45, 7) is 2.96. The summed E-state index contributed by atoms with van der Waals surface area (Å²) >= 11 is 0. The Balaban J connectivity index is 1.79. The smallest absolute Gasteiger partial charge is 0.243 e. The zero-order chi connectivity index (χ0) is 12.8. The molecule has 1 amide bonds. The largest absolute Gasteiger partial charge is 0.337 e. The maximum absolute atomic E-state index is 12.7. The highest BCUT2D eigenvalue weighted by molar-refractivity contribution is 5.86. The Morgan fingerprint density at radius 3 is 2.72 bits per heavy atom. The van der Waals surface area contributed by atoms with Crippen molar-refractivity contribution in [3.63, 3.8) is 0 Å². The topological polar surface area (TPSA) is 47.3 Å². The molecule has 0 spiro atoms. The maximum atomic E-state index is 12.7.